The summed E-state index contributed by atoms with van der Waals surface area (Å²) < 4.78 is 5.25. The summed E-state index contributed by atoms with van der Waals surface area (Å²) in [5.41, 5.74) is 2.13. The lowest BCUT2D eigenvalue weighted by Crippen LogP contribution is -2.40. The van der Waals surface area contributed by atoms with E-state index in [2.05, 4.69) is 10.3 Å². The van der Waals surface area contributed by atoms with Crippen molar-refractivity contribution >= 4 is 29.1 Å². The summed E-state index contributed by atoms with van der Waals surface area (Å²) in [4.78, 5) is 30.8. The van der Waals surface area contributed by atoms with Gasteiger partial charge in [-0.15, -0.1) is 0 Å². The van der Waals surface area contributed by atoms with E-state index in [0.29, 0.717) is 42.6 Å². The van der Waals surface area contributed by atoms with Gasteiger partial charge in [-0.1, -0.05) is 11.6 Å². The van der Waals surface area contributed by atoms with Crippen LogP contribution in [0.2, 0.25) is 5.02 Å². The number of rotatable bonds is 3. The summed E-state index contributed by atoms with van der Waals surface area (Å²) in [6.45, 7) is 4.01. The molecule has 1 fully saturated rings. The topological polar surface area (TPSA) is 71.5 Å². The van der Waals surface area contributed by atoms with Crippen molar-refractivity contribution in [2.75, 3.05) is 31.6 Å². The van der Waals surface area contributed by atoms with Crippen molar-refractivity contribution in [1.29, 1.82) is 0 Å². The van der Waals surface area contributed by atoms with Gasteiger partial charge in [0.15, 0.2) is 0 Å². The number of aromatic nitrogens is 1. The number of morpholine rings is 1. The lowest BCUT2D eigenvalue weighted by atomic mass is 10.1. The zero-order valence-electron chi connectivity index (χ0n) is 13.8. The molecule has 0 atom stereocenters. The third-order valence-electron chi connectivity index (χ3n) is 3.97. The molecule has 1 aliphatic heterocycles. The Bertz CT molecular complexity index is 804. The van der Waals surface area contributed by atoms with Crippen LogP contribution in [0.4, 0.5) is 5.69 Å². The maximum atomic E-state index is 12.5. The van der Waals surface area contributed by atoms with Crippen molar-refractivity contribution in [3.63, 3.8) is 0 Å². The van der Waals surface area contributed by atoms with Crippen LogP contribution in [0.3, 0.4) is 0 Å². The molecule has 3 rings (SSSR count). The van der Waals surface area contributed by atoms with Gasteiger partial charge in [-0.05, 0) is 42.8 Å². The molecule has 0 unspecified atom stereocenters. The van der Waals surface area contributed by atoms with Crippen molar-refractivity contribution in [3.05, 3.63) is 58.4 Å². The van der Waals surface area contributed by atoms with E-state index in [1.807, 2.05) is 6.92 Å². The molecule has 0 spiro atoms. The zero-order valence-corrected chi connectivity index (χ0v) is 14.5. The summed E-state index contributed by atoms with van der Waals surface area (Å²) in [6.07, 6.45) is 1.47. The number of aryl methyl sites for hydroxylation is 1. The average Bonchev–Trinajstić information content (AvgIpc) is 2.64. The van der Waals surface area contributed by atoms with Gasteiger partial charge in [0.1, 0.15) is 5.69 Å². The number of halogens is 1. The average molecular weight is 360 g/mol. The second-order valence-corrected chi connectivity index (χ2v) is 6.18. The van der Waals surface area contributed by atoms with Crippen molar-refractivity contribution in [2.45, 2.75) is 6.92 Å². The molecule has 0 radical (unpaired) electrons. The molecule has 1 aromatic carbocycles. The molecule has 1 aliphatic rings. The summed E-state index contributed by atoms with van der Waals surface area (Å²) in [7, 11) is 0. The molecule has 2 amide bonds. The standard InChI is InChI=1S/C18H18ClN3O3/c1-12-10-14(19)2-3-15(12)21-17(23)16-11-13(4-5-20-16)18(24)22-6-8-25-9-7-22/h2-5,10-11H,6-9H2,1H3,(H,21,23). The smallest absolute Gasteiger partial charge is 0.274 e. The first-order valence-electron chi connectivity index (χ1n) is 7.95. The number of hydrogen-bond acceptors (Lipinski definition) is 4. The van der Waals surface area contributed by atoms with Gasteiger partial charge in [-0.2, -0.15) is 0 Å². The van der Waals surface area contributed by atoms with Crippen molar-refractivity contribution in [1.82, 2.24) is 9.88 Å². The van der Waals surface area contributed by atoms with Gasteiger partial charge >= 0.3 is 0 Å². The van der Waals surface area contributed by atoms with E-state index in [4.69, 9.17) is 16.3 Å². The molecule has 6 nitrogen and oxygen atoms in total. The normalized spacial score (nSPS) is 14.2. The number of nitrogens with one attached hydrogen (secondary N) is 1. The molecule has 25 heavy (non-hydrogen) atoms. The van der Waals surface area contributed by atoms with Gasteiger partial charge in [-0.3, -0.25) is 14.6 Å². The SMILES string of the molecule is Cc1cc(Cl)ccc1NC(=O)c1cc(C(=O)N2CCOCC2)ccn1. The Labute approximate surface area is 150 Å². The number of amides is 2. The van der Waals surface area contributed by atoms with Gasteiger partial charge in [0.2, 0.25) is 0 Å². The lowest BCUT2D eigenvalue weighted by molar-refractivity contribution is 0.0303. The number of carbonyl (C=O) groups is 2. The quantitative estimate of drug-likeness (QED) is 0.914. The van der Waals surface area contributed by atoms with Crippen LogP contribution in [-0.4, -0.2) is 48.0 Å². The first kappa shape index (κ1) is 17.4. The molecule has 7 heteroatoms. The summed E-state index contributed by atoms with van der Waals surface area (Å²) >= 11 is 5.92. The van der Waals surface area contributed by atoms with Crippen LogP contribution in [-0.2, 0) is 4.74 Å². The van der Waals surface area contributed by atoms with Crippen molar-refractivity contribution < 1.29 is 14.3 Å². The Balaban J connectivity index is 1.76. The first-order valence-corrected chi connectivity index (χ1v) is 8.33. The molecular formula is C18H18ClN3O3. The van der Waals surface area contributed by atoms with E-state index in [-0.39, 0.29) is 17.5 Å². The molecule has 130 valence electrons. The Kier molecular flexibility index (Phi) is 5.31. The van der Waals surface area contributed by atoms with Crippen LogP contribution < -0.4 is 5.32 Å². The van der Waals surface area contributed by atoms with Crippen molar-refractivity contribution in [2.24, 2.45) is 0 Å². The molecule has 1 saturated heterocycles. The van der Waals surface area contributed by atoms with E-state index in [0.717, 1.165) is 5.56 Å². The maximum absolute atomic E-state index is 12.5. The Morgan fingerprint density at radius 1 is 1.20 bits per heavy atom. The molecule has 1 N–H and O–H groups in total. The number of carbonyl (C=O) groups excluding carboxylic acids is 2. The summed E-state index contributed by atoms with van der Waals surface area (Å²) in [5.74, 6) is -0.496. The minimum Gasteiger partial charge on any atom is -0.378 e. The predicted octanol–water partition coefficient (Wildman–Crippen LogP) is 2.77. The minimum absolute atomic E-state index is 0.123. The van der Waals surface area contributed by atoms with Crippen LogP contribution in [0.5, 0.6) is 0 Å². The molecule has 1 aromatic heterocycles. The third-order valence-corrected chi connectivity index (χ3v) is 4.21. The number of benzene rings is 1. The number of nitrogens with zero attached hydrogens (tertiary/aromatic N) is 2. The highest BCUT2D eigenvalue weighted by Gasteiger charge is 2.20. The zero-order chi connectivity index (χ0) is 17.8. The summed E-state index contributed by atoms with van der Waals surface area (Å²) in [5, 5.41) is 3.40. The number of hydrogen-bond donors (Lipinski definition) is 1. The predicted molar refractivity (Wildman–Crippen MR) is 95.1 cm³/mol. The highest BCUT2D eigenvalue weighted by Crippen LogP contribution is 2.20. The number of anilines is 1. The fraction of sp³-hybridized carbons (Fsp3) is 0.278. The number of pyridine rings is 1. The molecule has 0 saturated carbocycles. The second kappa shape index (κ2) is 7.63. The molecule has 0 bridgehead atoms. The highest BCUT2D eigenvalue weighted by molar-refractivity contribution is 6.30. The first-order chi connectivity index (χ1) is 12.0. The van der Waals surface area contributed by atoms with Gasteiger partial charge in [-0.25, -0.2) is 0 Å². The van der Waals surface area contributed by atoms with E-state index in [1.165, 1.54) is 12.3 Å². The molecular weight excluding hydrogens is 342 g/mol. The fourth-order valence-corrected chi connectivity index (χ4v) is 2.82. The van der Waals surface area contributed by atoms with Gasteiger partial charge in [0, 0.05) is 35.6 Å². The van der Waals surface area contributed by atoms with Crippen LogP contribution in [0, 0.1) is 6.92 Å². The van der Waals surface area contributed by atoms with Crippen LogP contribution >= 0.6 is 11.6 Å². The van der Waals surface area contributed by atoms with E-state index < -0.39 is 0 Å². The van der Waals surface area contributed by atoms with Crippen LogP contribution in [0.25, 0.3) is 0 Å². The van der Waals surface area contributed by atoms with Crippen LogP contribution in [0.1, 0.15) is 26.4 Å². The van der Waals surface area contributed by atoms with E-state index >= 15 is 0 Å². The second-order valence-electron chi connectivity index (χ2n) is 5.75. The van der Waals surface area contributed by atoms with Crippen LogP contribution in [0.15, 0.2) is 36.5 Å². The number of ether oxygens (including phenoxy) is 1. The van der Waals surface area contributed by atoms with Gasteiger partial charge < -0.3 is 15.0 Å². The Hall–Kier alpha value is -2.44. The minimum atomic E-state index is -0.373. The third kappa shape index (κ3) is 4.15. The lowest BCUT2D eigenvalue weighted by Gasteiger charge is -2.26. The molecule has 2 aromatic rings. The Morgan fingerprint density at radius 3 is 2.68 bits per heavy atom. The fourth-order valence-electron chi connectivity index (χ4n) is 2.59. The Morgan fingerprint density at radius 2 is 1.96 bits per heavy atom. The molecule has 0 aliphatic carbocycles. The van der Waals surface area contributed by atoms with Gasteiger partial charge in [0.25, 0.3) is 11.8 Å². The highest BCUT2D eigenvalue weighted by atomic mass is 35.5. The molecule has 2 heterocycles. The maximum Gasteiger partial charge on any atom is 0.274 e. The largest absolute Gasteiger partial charge is 0.378 e. The van der Waals surface area contributed by atoms with E-state index in [1.54, 1.807) is 29.2 Å². The van der Waals surface area contributed by atoms with E-state index in [9.17, 15) is 9.59 Å². The van der Waals surface area contributed by atoms with Crippen molar-refractivity contribution in [3.8, 4) is 0 Å². The van der Waals surface area contributed by atoms with Gasteiger partial charge in [0.05, 0.1) is 13.2 Å². The monoisotopic (exact) mass is 359 g/mol. The summed E-state index contributed by atoms with van der Waals surface area (Å²) in [6, 6.07) is 8.33.